The zero-order chi connectivity index (χ0) is 14.4. The van der Waals surface area contributed by atoms with Crippen molar-refractivity contribution in [2.75, 3.05) is 0 Å². The molecule has 8 nitrogen and oxygen atoms in total. The van der Waals surface area contributed by atoms with Crippen LogP contribution in [-0.4, -0.2) is 24.4 Å². The van der Waals surface area contributed by atoms with Gasteiger partial charge < -0.3 is 10.1 Å². The molecule has 0 unspecified atom stereocenters. The summed E-state index contributed by atoms with van der Waals surface area (Å²) in [5.74, 6) is 0.156. The summed E-state index contributed by atoms with van der Waals surface area (Å²) in [4.78, 5) is 19.3. The fourth-order valence-electron chi connectivity index (χ4n) is 2.55. The Balaban J connectivity index is 1.74. The Labute approximate surface area is 118 Å². The van der Waals surface area contributed by atoms with E-state index >= 15 is 0 Å². The quantitative estimate of drug-likeness (QED) is 0.704. The molecular formula is C13H12N6O2. The van der Waals surface area contributed by atoms with Crippen LogP contribution in [0.4, 0.5) is 11.6 Å². The maximum absolute atomic E-state index is 12.1. The second-order valence-electron chi connectivity index (χ2n) is 4.85. The SMILES string of the molecule is O=c1c(/N=N/c2nc3ccccc3[nH]2)c(O)n2n1CCC2. The molecule has 3 aromatic rings. The van der Waals surface area contributed by atoms with Gasteiger partial charge in [-0.3, -0.25) is 4.79 Å². The lowest BCUT2D eigenvalue weighted by Crippen LogP contribution is -2.16. The Bertz CT molecular complexity index is 884. The third-order valence-corrected chi connectivity index (χ3v) is 3.55. The number of imidazole rings is 1. The molecule has 0 atom stereocenters. The van der Waals surface area contributed by atoms with Gasteiger partial charge in [0.25, 0.3) is 5.56 Å². The van der Waals surface area contributed by atoms with E-state index in [1.54, 1.807) is 0 Å². The van der Waals surface area contributed by atoms with E-state index < -0.39 is 0 Å². The van der Waals surface area contributed by atoms with Crippen LogP contribution < -0.4 is 5.56 Å². The number of aromatic hydroxyl groups is 1. The van der Waals surface area contributed by atoms with Crippen molar-refractivity contribution in [3.63, 3.8) is 0 Å². The minimum absolute atomic E-state index is 0.0462. The number of H-pyrrole nitrogens is 1. The topological polar surface area (TPSA) is 101 Å². The van der Waals surface area contributed by atoms with Crippen LogP contribution in [0.3, 0.4) is 0 Å². The van der Waals surface area contributed by atoms with E-state index in [9.17, 15) is 9.90 Å². The van der Waals surface area contributed by atoms with E-state index in [4.69, 9.17) is 0 Å². The van der Waals surface area contributed by atoms with Crippen molar-refractivity contribution >= 4 is 22.7 Å². The molecular weight excluding hydrogens is 272 g/mol. The smallest absolute Gasteiger partial charge is 0.298 e. The van der Waals surface area contributed by atoms with Gasteiger partial charge in [-0.25, -0.2) is 14.3 Å². The first-order chi connectivity index (χ1) is 10.2. The monoisotopic (exact) mass is 284 g/mol. The van der Waals surface area contributed by atoms with Crippen LogP contribution in [0.2, 0.25) is 0 Å². The highest BCUT2D eigenvalue weighted by molar-refractivity contribution is 5.76. The number of aromatic amines is 1. The molecule has 0 bridgehead atoms. The number of para-hydroxylation sites is 2. The minimum Gasteiger partial charge on any atom is -0.492 e. The summed E-state index contributed by atoms with van der Waals surface area (Å²) in [5.41, 5.74) is 1.23. The van der Waals surface area contributed by atoms with Crippen LogP contribution >= 0.6 is 0 Å². The summed E-state index contributed by atoms with van der Waals surface area (Å²) in [5, 5.41) is 17.8. The fourth-order valence-corrected chi connectivity index (χ4v) is 2.55. The number of nitrogens with zero attached hydrogens (tertiary/aromatic N) is 5. The van der Waals surface area contributed by atoms with Crippen molar-refractivity contribution in [3.05, 3.63) is 34.6 Å². The average molecular weight is 284 g/mol. The van der Waals surface area contributed by atoms with Gasteiger partial charge in [-0.05, 0) is 18.6 Å². The zero-order valence-corrected chi connectivity index (χ0v) is 11.0. The van der Waals surface area contributed by atoms with E-state index in [1.807, 2.05) is 24.3 Å². The molecule has 8 heteroatoms. The van der Waals surface area contributed by atoms with Crippen LogP contribution in [0.1, 0.15) is 6.42 Å². The summed E-state index contributed by atoms with van der Waals surface area (Å²) >= 11 is 0. The molecule has 2 aromatic heterocycles. The minimum atomic E-state index is -0.329. The molecule has 3 heterocycles. The normalized spacial score (nSPS) is 14.3. The number of azo groups is 1. The maximum atomic E-state index is 12.1. The molecule has 0 aliphatic carbocycles. The largest absolute Gasteiger partial charge is 0.492 e. The fraction of sp³-hybridized carbons (Fsp3) is 0.231. The van der Waals surface area contributed by atoms with Gasteiger partial charge in [-0.15, -0.1) is 10.2 Å². The lowest BCUT2D eigenvalue weighted by Gasteiger charge is -1.97. The average Bonchev–Trinajstić information content (AvgIpc) is 3.16. The Morgan fingerprint density at radius 1 is 1.19 bits per heavy atom. The molecule has 0 saturated carbocycles. The number of fused-ring (bicyclic) bond motifs is 2. The molecule has 1 aromatic carbocycles. The van der Waals surface area contributed by atoms with Crippen molar-refractivity contribution in [2.45, 2.75) is 19.5 Å². The number of aromatic nitrogens is 4. The molecule has 21 heavy (non-hydrogen) atoms. The van der Waals surface area contributed by atoms with Crippen LogP contribution in [0.5, 0.6) is 5.88 Å². The first-order valence-corrected chi connectivity index (χ1v) is 6.63. The molecule has 0 radical (unpaired) electrons. The molecule has 1 aliphatic rings. The van der Waals surface area contributed by atoms with Gasteiger partial charge in [0.2, 0.25) is 17.5 Å². The summed E-state index contributed by atoms with van der Waals surface area (Å²) < 4.78 is 3.00. The Hall–Kier alpha value is -2.90. The van der Waals surface area contributed by atoms with Crippen molar-refractivity contribution in [3.8, 4) is 5.88 Å². The van der Waals surface area contributed by atoms with Gasteiger partial charge in [0.15, 0.2) is 0 Å². The van der Waals surface area contributed by atoms with E-state index in [-0.39, 0.29) is 17.1 Å². The van der Waals surface area contributed by atoms with E-state index in [2.05, 4.69) is 20.2 Å². The van der Waals surface area contributed by atoms with Gasteiger partial charge in [-0.2, -0.15) is 0 Å². The first-order valence-electron chi connectivity index (χ1n) is 6.63. The van der Waals surface area contributed by atoms with Gasteiger partial charge in [0.05, 0.1) is 11.0 Å². The van der Waals surface area contributed by atoms with Gasteiger partial charge in [-0.1, -0.05) is 12.1 Å². The Morgan fingerprint density at radius 3 is 2.81 bits per heavy atom. The van der Waals surface area contributed by atoms with Crippen LogP contribution in [0.25, 0.3) is 11.0 Å². The van der Waals surface area contributed by atoms with E-state index in [1.165, 1.54) is 9.36 Å². The lowest BCUT2D eigenvalue weighted by atomic mass is 10.3. The number of hydrogen-bond acceptors (Lipinski definition) is 5. The van der Waals surface area contributed by atoms with Gasteiger partial charge in [0, 0.05) is 13.1 Å². The lowest BCUT2D eigenvalue weighted by molar-refractivity contribution is 0.399. The van der Waals surface area contributed by atoms with Crippen LogP contribution in [0, 0.1) is 0 Å². The third kappa shape index (κ3) is 1.76. The highest BCUT2D eigenvalue weighted by Crippen LogP contribution is 2.27. The van der Waals surface area contributed by atoms with E-state index in [0.717, 1.165) is 17.5 Å². The van der Waals surface area contributed by atoms with E-state index in [0.29, 0.717) is 19.0 Å². The highest BCUT2D eigenvalue weighted by Gasteiger charge is 2.22. The van der Waals surface area contributed by atoms with Crippen molar-refractivity contribution in [1.29, 1.82) is 0 Å². The third-order valence-electron chi connectivity index (χ3n) is 3.55. The Kier molecular flexibility index (Phi) is 2.44. The molecule has 2 N–H and O–H groups in total. The highest BCUT2D eigenvalue weighted by atomic mass is 16.3. The molecule has 0 saturated heterocycles. The molecule has 0 spiro atoms. The predicted molar refractivity (Wildman–Crippen MR) is 75.2 cm³/mol. The first kappa shape index (κ1) is 11.9. The molecule has 106 valence electrons. The second kappa shape index (κ2) is 4.30. The maximum Gasteiger partial charge on any atom is 0.298 e. The Morgan fingerprint density at radius 2 is 2.00 bits per heavy atom. The summed E-state index contributed by atoms with van der Waals surface area (Å²) in [6.45, 7) is 1.20. The second-order valence-corrected chi connectivity index (χ2v) is 4.85. The van der Waals surface area contributed by atoms with Crippen molar-refractivity contribution in [2.24, 2.45) is 10.2 Å². The molecule has 0 amide bonds. The van der Waals surface area contributed by atoms with Crippen molar-refractivity contribution in [1.82, 2.24) is 19.3 Å². The van der Waals surface area contributed by atoms with Crippen LogP contribution in [-0.2, 0) is 13.1 Å². The number of rotatable bonds is 2. The molecule has 1 aliphatic heterocycles. The summed E-state index contributed by atoms with van der Waals surface area (Å²) in [6.07, 6.45) is 0.837. The number of hydrogen-bond donors (Lipinski definition) is 2. The number of benzene rings is 1. The van der Waals surface area contributed by atoms with Crippen molar-refractivity contribution < 1.29 is 5.11 Å². The zero-order valence-electron chi connectivity index (χ0n) is 11.0. The van der Waals surface area contributed by atoms with Gasteiger partial charge in [0.1, 0.15) is 0 Å². The van der Waals surface area contributed by atoms with Crippen LogP contribution in [0.15, 0.2) is 39.3 Å². The summed E-state index contributed by atoms with van der Waals surface area (Å²) in [6, 6.07) is 7.49. The molecule has 4 rings (SSSR count). The summed E-state index contributed by atoms with van der Waals surface area (Å²) in [7, 11) is 0. The standard InChI is InChI=1S/C13H12N6O2/c20-11-10(12(21)19-7-3-6-18(11)19)16-17-13-14-8-4-1-2-5-9(8)15-13/h1-2,4-5,20H,3,6-7H2,(H,14,15)/b17-16+. The molecule has 0 fully saturated rings. The predicted octanol–water partition coefficient (Wildman–Crippen LogP) is 2.05. The van der Waals surface area contributed by atoms with Gasteiger partial charge >= 0.3 is 0 Å². The number of nitrogens with one attached hydrogen (secondary N) is 1.